The van der Waals surface area contributed by atoms with Crippen molar-refractivity contribution in [1.82, 2.24) is 4.98 Å². The van der Waals surface area contributed by atoms with Crippen LogP contribution in [0.2, 0.25) is 0 Å². The lowest BCUT2D eigenvalue weighted by atomic mass is 10.1. The molecule has 1 heterocycles. The van der Waals surface area contributed by atoms with Crippen LogP contribution in [0, 0.1) is 9.77 Å². The van der Waals surface area contributed by atoms with Crippen LogP contribution >= 0.6 is 23.6 Å². The summed E-state index contributed by atoms with van der Waals surface area (Å²) < 4.78 is 13.2. The fourth-order valence-corrected chi connectivity index (χ4v) is 2.30. The summed E-state index contributed by atoms with van der Waals surface area (Å²) in [6.07, 6.45) is 0.746. The van der Waals surface area contributed by atoms with Crippen molar-refractivity contribution < 1.29 is 9.18 Å². The molecule has 0 aliphatic carbocycles. The summed E-state index contributed by atoms with van der Waals surface area (Å²) >= 11 is 6.15. The second-order valence-corrected chi connectivity index (χ2v) is 4.60. The highest BCUT2D eigenvalue weighted by Gasteiger charge is 2.07. The van der Waals surface area contributed by atoms with Gasteiger partial charge in [-0.3, -0.25) is 4.79 Å². The minimum atomic E-state index is -0.305. The lowest BCUT2D eigenvalue weighted by Crippen LogP contribution is -1.83. The number of halogens is 1. The second kappa shape index (κ2) is 4.04. The van der Waals surface area contributed by atoms with Crippen molar-refractivity contribution in [3.8, 4) is 11.3 Å². The molecule has 1 aromatic carbocycles. The quantitative estimate of drug-likeness (QED) is 0.643. The first-order valence-electron chi connectivity index (χ1n) is 4.15. The number of aromatic nitrogens is 1. The molecule has 1 aromatic heterocycles. The molecule has 0 aliphatic rings. The van der Waals surface area contributed by atoms with Crippen molar-refractivity contribution in [3.63, 3.8) is 0 Å². The normalized spacial score (nSPS) is 10.2. The van der Waals surface area contributed by atoms with E-state index in [4.69, 9.17) is 12.2 Å². The van der Waals surface area contributed by atoms with E-state index in [1.807, 2.05) is 0 Å². The Morgan fingerprint density at radius 3 is 2.60 bits per heavy atom. The summed E-state index contributed by atoms with van der Waals surface area (Å²) in [6, 6.07) is 5.91. The van der Waals surface area contributed by atoms with E-state index in [2.05, 4.69) is 4.98 Å². The number of hydrogen-bond donors (Lipinski definition) is 1. The Bertz CT molecular complexity index is 541. The average Bonchev–Trinajstić information content (AvgIpc) is 2.61. The van der Waals surface area contributed by atoms with E-state index in [1.54, 1.807) is 12.1 Å². The third-order valence-electron chi connectivity index (χ3n) is 1.92. The monoisotopic (exact) mass is 239 g/mol. The highest BCUT2D eigenvalue weighted by molar-refractivity contribution is 7.73. The summed E-state index contributed by atoms with van der Waals surface area (Å²) in [6.45, 7) is 0. The van der Waals surface area contributed by atoms with E-state index in [-0.39, 0.29) is 5.82 Å². The molecule has 2 nitrogen and oxygen atoms in total. The van der Waals surface area contributed by atoms with Crippen molar-refractivity contribution in [3.05, 3.63) is 38.9 Å². The first-order valence-corrected chi connectivity index (χ1v) is 5.37. The van der Waals surface area contributed by atoms with E-state index in [9.17, 15) is 9.18 Å². The summed E-state index contributed by atoms with van der Waals surface area (Å²) in [5.41, 5.74) is 1.41. The minimum absolute atomic E-state index is 0.305. The first kappa shape index (κ1) is 10.2. The van der Waals surface area contributed by atoms with Crippen molar-refractivity contribution >= 4 is 29.8 Å². The number of nitrogens with one attached hydrogen (secondary N) is 1. The zero-order valence-electron chi connectivity index (χ0n) is 7.49. The maximum Gasteiger partial charge on any atom is 0.162 e. The number of rotatable bonds is 2. The Morgan fingerprint density at radius 2 is 2.00 bits per heavy atom. The van der Waals surface area contributed by atoms with Crippen LogP contribution in [0.4, 0.5) is 4.39 Å². The van der Waals surface area contributed by atoms with Crippen LogP contribution in [0.1, 0.15) is 9.67 Å². The molecule has 0 saturated heterocycles. The van der Waals surface area contributed by atoms with E-state index >= 15 is 0 Å². The number of aromatic amines is 1. The molecule has 0 spiro atoms. The molecule has 0 radical (unpaired) electrons. The Morgan fingerprint density at radius 1 is 1.33 bits per heavy atom. The minimum Gasteiger partial charge on any atom is -0.336 e. The van der Waals surface area contributed by atoms with Gasteiger partial charge in [0.15, 0.2) is 10.2 Å². The summed E-state index contributed by atoms with van der Waals surface area (Å²) in [4.78, 5) is 14.2. The second-order valence-electron chi connectivity index (χ2n) is 2.88. The number of aldehydes is 1. The van der Waals surface area contributed by atoms with Gasteiger partial charge < -0.3 is 4.98 Å². The van der Waals surface area contributed by atoms with Crippen LogP contribution in [0.3, 0.4) is 0 Å². The fourth-order valence-electron chi connectivity index (χ4n) is 1.25. The van der Waals surface area contributed by atoms with Crippen molar-refractivity contribution in [2.24, 2.45) is 0 Å². The van der Waals surface area contributed by atoms with Crippen LogP contribution in [0.15, 0.2) is 24.3 Å². The zero-order chi connectivity index (χ0) is 10.8. The Kier molecular flexibility index (Phi) is 2.75. The lowest BCUT2D eigenvalue weighted by Gasteiger charge is -1.98. The van der Waals surface area contributed by atoms with E-state index in [1.165, 1.54) is 23.5 Å². The van der Waals surface area contributed by atoms with Crippen LogP contribution in [-0.2, 0) is 0 Å². The van der Waals surface area contributed by atoms with Gasteiger partial charge in [0, 0.05) is 0 Å². The van der Waals surface area contributed by atoms with E-state index < -0.39 is 0 Å². The van der Waals surface area contributed by atoms with Gasteiger partial charge in [-0.05, 0) is 42.0 Å². The third kappa shape index (κ3) is 2.03. The molecule has 0 bridgehead atoms. The lowest BCUT2D eigenvalue weighted by molar-refractivity contribution is 0.112. The molecule has 0 saturated carbocycles. The summed E-state index contributed by atoms with van der Waals surface area (Å²) in [7, 11) is 0. The molecule has 0 amide bonds. The molecule has 76 valence electrons. The van der Waals surface area contributed by atoms with Crippen molar-refractivity contribution in [2.75, 3.05) is 0 Å². The number of benzene rings is 1. The number of carbonyl (C=O) groups excluding carboxylic acids is 1. The van der Waals surface area contributed by atoms with Gasteiger partial charge in [-0.15, -0.1) is 11.3 Å². The average molecular weight is 239 g/mol. The highest BCUT2D eigenvalue weighted by Crippen LogP contribution is 2.25. The topological polar surface area (TPSA) is 32.9 Å². The smallest absolute Gasteiger partial charge is 0.162 e. The Labute approximate surface area is 94.4 Å². The fraction of sp³-hybridized carbons (Fsp3) is 0. The van der Waals surface area contributed by atoms with Crippen LogP contribution in [0.25, 0.3) is 11.3 Å². The number of H-pyrrole nitrogens is 1. The molecule has 0 aliphatic heterocycles. The molecule has 2 rings (SSSR count). The summed E-state index contributed by atoms with van der Waals surface area (Å²) in [5.74, 6) is -0.305. The largest absolute Gasteiger partial charge is 0.336 e. The first-order chi connectivity index (χ1) is 7.20. The molecule has 0 fully saturated rings. The van der Waals surface area contributed by atoms with Gasteiger partial charge in [-0.1, -0.05) is 0 Å². The third-order valence-corrected chi connectivity index (χ3v) is 3.08. The molecule has 0 atom stereocenters. The zero-order valence-corrected chi connectivity index (χ0v) is 9.12. The predicted molar refractivity (Wildman–Crippen MR) is 60.3 cm³/mol. The number of carbonyl (C=O) groups is 1. The highest BCUT2D eigenvalue weighted by atomic mass is 32.1. The molecule has 0 unspecified atom stereocenters. The maximum absolute atomic E-state index is 12.7. The SMILES string of the molecule is O=Cc1sc(=S)[nH]c1-c1ccc(F)cc1. The van der Waals surface area contributed by atoms with E-state index in [0.717, 1.165) is 11.8 Å². The predicted octanol–water partition coefficient (Wildman–Crippen LogP) is 3.42. The number of thiazole rings is 1. The van der Waals surface area contributed by atoms with Crippen molar-refractivity contribution in [2.45, 2.75) is 0 Å². The van der Waals surface area contributed by atoms with Gasteiger partial charge in [-0.2, -0.15) is 0 Å². The van der Waals surface area contributed by atoms with Gasteiger partial charge in [0.1, 0.15) is 5.82 Å². The molecular formula is C10H6FNOS2. The molecule has 1 N–H and O–H groups in total. The van der Waals surface area contributed by atoms with Crippen LogP contribution < -0.4 is 0 Å². The molecular weight excluding hydrogens is 233 g/mol. The number of hydrogen-bond acceptors (Lipinski definition) is 3. The van der Waals surface area contributed by atoms with Crippen LogP contribution in [-0.4, -0.2) is 11.3 Å². The van der Waals surface area contributed by atoms with Gasteiger partial charge >= 0.3 is 0 Å². The van der Waals surface area contributed by atoms with Gasteiger partial charge in [0.25, 0.3) is 0 Å². The maximum atomic E-state index is 12.7. The molecule has 2 aromatic rings. The van der Waals surface area contributed by atoms with Gasteiger partial charge in [0.2, 0.25) is 0 Å². The standard InChI is InChI=1S/C10H6FNOS2/c11-7-3-1-6(2-4-7)9-8(5-13)15-10(14)12-9/h1-5H,(H,12,14). The van der Waals surface area contributed by atoms with Crippen molar-refractivity contribution in [1.29, 1.82) is 0 Å². The summed E-state index contributed by atoms with van der Waals surface area (Å²) in [5, 5.41) is 0. The van der Waals surface area contributed by atoms with Crippen LogP contribution in [0.5, 0.6) is 0 Å². The Hall–Kier alpha value is -1.33. The molecule has 15 heavy (non-hydrogen) atoms. The van der Waals surface area contributed by atoms with Gasteiger partial charge in [-0.25, -0.2) is 4.39 Å². The van der Waals surface area contributed by atoms with E-state index in [0.29, 0.717) is 14.5 Å². The Balaban J connectivity index is 2.57. The molecule has 5 heteroatoms. The van der Waals surface area contributed by atoms with Gasteiger partial charge in [0.05, 0.1) is 10.6 Å².